The highest BCUT2D eigenvalue weighted by atomic mass is 16.4. The first-order chi connectivity index (χ1) is 63.8. The summed E-state index contributed by atoms with van der Waals surface area (Å²) in [5.41, 5.74) is -2.50. The first-order valence-electron chi connectivity index (χ1n) is 46.4. The Hall–Kier alpha value is -13.0. The molecule has 1 aromatic rings. The lowest BCUT2D eigenvalue weighted by molar-refractivity contribution is -0.146. The summed E-state index contributed by atoms with van der Waals surface area (Å²) in [6.45, 7) is 33.8. The zero-order chi connectivity index (χ0) is 107. The van der Waals surface area contributed by atoms with Crippen molar-refractivity contribution in [2.24, 2.45) is 29.2 Å². The fourth-order valence-electron chi connectivity index (χ4n) is 14.8. The number of likely N-dealkylation sites (tertiary alicyclic amines) is 2. The van der Waals surface area contributed by atoms with Crippen LogP contribution in [0, 0.1) is 17.8 Å². The van der Waals surface area contributed by atoms with Crippen LogP contribution in [0.5, 0.6) is 0 Å². The standard InChI is InChI=1S/C92H150N22O25/c1-47(2)43-58(72(127)108-92(24,25)84(139)113-41-29-33-59(113)73(128)103-65(48(3)4)75(130)111-90(20,21)82(137)112-89(18,19)80(135)102-56(37-40-64(120)121)70(125)101-55(35-38-61(93)117)69(124)98-54(46-115)44-53-31-27-26-28-32-53)99-63(119)45-95-77(132)85(10,11)110-76(131)66(49(5)6)104-81(136)88(16,17)107-71(126)57(36-39-62(94)118)100-67(122)50(7)96-78(133)86(12,13)106-68(123)51(8)97-79(134)87(14,15)109-74(129)60-34-30-42-114(60)83(138)91(22,23)105-52(9)116/h26-28,31-32,47-51,54-60,65-66,115H,29-30,33-46H2,1-25H3,(H2,93,117)(H2,94,118)(H,95,132)(H,96,133)(H,97,134)(H,98,124)(H,99,119)(H,100,122)(H,101,125)(H,102,135)(H,103,128)(H,104,136)(H,105,116)(H,106,123)(H,107,126)(H,108,127)(H,109,129)(H,110,131)(H,111,130)(H,112,137)(H,120,121)/t50-,51-,54?,55-,56-,57-,58-,59-,60-,65-,66-/m0/s1. The molecule has 2 aliphatic rings. The molecule has 0 saturated carbocycles. The summed E-state index contributed by atoms with van der Waals surface area (Å²) < 4.78 is 0. The van der Waals surface area contributed by atoms with Gasteiger partial charge in [-0.25, -0.2) is 0 Å². The van der Waals surface area contributed by atoms with Crippen molar-refractivity contribution < 1.29 is 120 Å². The van der Waals surface area contributed by atoms with E-state index in [1.54, 1.807) is 71.9 Å². The fraction of sp³-hybridized carbons (Fsp3) is 0.685. The zero-order valence-electron chi connectivity index (χ0n) is 84.6. The van der Waals surface area contributed by atoms with Crippen molar-refractivity contribution >= 4 is 136 Å². The number of primary amides is 2. The van der Waals surface area contributed by atoms with Crippen molar-refractivity contribution in [3.63, 3.8) is 0 Å². The third-order valence-corrected chi connectivity index (χ3v) is 23.2. The molecule has 2 saturated heterocycles. The summed E-state index contributed by atoms with van der Waals surface area (Å²) in [4.78, 5) is 315. The molecule has 47 nitrogen and oxygen atoms in total. The van der Waals surface area contributed by atoms with Crippen LogP contribution in [0.1, 0.15) is 249 Å². The molecule has 0 bridgehead atoms. The predicted octanol–water partition coefficient (Wildman–Crippen LogP) is -4.35. The van der Waals surface area contributed by atoms with Gasteiger partial charge in [0, 0.05) is 39.3 Å². The Kier molecular flexibility index (Phi) is 44.1. The van der Waals surface area contributed by atoms with Gasteiger partial charge in [-0.1, -0.05) is 71.9 Å². The predicted molar refractivity (Wildman–Crippen MR) is 505 cm³/mol. The van der Waals surface area contributed by atoms with Crippen LogP contribution in [0.2, 0.25) is 0 Å². The van der Waals surface area contributed by atoms with Crippen LogP contribution in [-0.2, 0) is 117 Å². The average Bonchev–Trinajstić information content (AvgIpc) is 1.63. The lowest BCUT2D eigenvalue weighted by atomic mass is 9.96. The molecule has 2 aliphatic heterocycles. The molecule has 778 valence electrons. The van der Waals surface area contributed by atoms with Gasteiger partial charge >= 0.3 is 5.97 Å². The van der Waals surface area contributed by atoms with E-state index in [1.165, 1.54) is 141 Å². The number of carboxylic acid groups (broad SMARTS) is 1. The first kappa shape index (κ1) is 120. The third kappa shape index (κ3) is 37.3. The smallest absolute Gasteiger partial charge is 0.303 e. The van der Waals surface area contributed by atoms with E-state index in [4.69, 9.17) is 11.5 Å². The number of benzene rings is 1. The van der Waals surface area contributed by atoms with E-state index in [2.05, 4.69) is 95.7 Å². The maximum absolute atomic E-state index is 14.6. The van der Waals surface area contributed by atoms with Crippen LogP contribution in [0.25, 0.3) is 0 Å². The molecule has 139 heavy (non-hydrogen) atoms. The molecule has 0 aromatic heterocycles. The zero-order valence-corrected chi connectivity index (χ0v) is 84.6. The number of hydrogen-bond donors (Lipinski definition) is 22. The number of amides is 22. The van der Waals surface area contributed by atoms with E-state index in [-0.39, 0.29) is 51.1 Å². The monoisotopic (exact) mass is 1960 g/mol. The molecule has 11 atom stereocenters. The number of carbonyl (C=O) groups is 23. The Morgan fingerprint density at radius 2 is 0.755 bits per heavy atom. The summed E-state index contributed by atoms with van der Waals surface area (Å²) in [5, 5.41) is 65.4. The normalized spacial score (nSPS) is 16.2. The second-order valence-corrected chi connectivity index (χ2v) is 40.8. The first-order valence-corrected chi connectivity index (χ1v) is 46.4. The van der Waals surface area contributed by atoms with E-state index in [1.807, 2.05) is 0 Å². The summed E-state index contributed by atoms with van der Waals surface area (Å²) in [6.07, 6.45) is -1.46. The molecular weight excluding hydrogens is 1810 g/mol. The van der Waals surface area contributed by atoms with Gasteiger partial charge in [-0.3, -0.25) is 110 Å². The van der Waals surface area contributed by atoms with Crippen molar-refractivity contribution in [3.8, 4) is 0 Å². The van der Waals surface area contributed by atoms with Gasteiger partial charge in [0.25, 0.3) is 0 Å². The molecule has 0 aliphatic carbocycles. The van der Waals surface area contributed by atoms with E-state index in [9.17, 15) is 120 Å². The quantitative estimate of drug-likeness (QED) is 0.0293. The van der Waals surface area contributed by atoms with Gasteiger partial charge in [0.15, 0.2) is 0 Å². The minimum atomic E-state index is -1.92. The van der Waals surface area contributed by atoms with Crippen molar-refractivity contribution in [1.29, 1.82) is 0 Å². The lowest BCUT2D eigenvalue weighted by Crippen LogP contribution is -2.66. The molecular formula is C92H150N22O25. The number of aliphatic hydroxyl groups is 1. The minimum absolute atomic E-state index is 0.00371. The van der Waals surface area contributed by atoms with Gasteiger partial charge in [0.05, 0.1) is 19.2 Å². The summed E-state index contributed by atoms with van der Waals surface area (Å²) >= 11 is 0. The van der Waals surface area contributed by atoms with Crippen LogP contribution in [-0.4, -0.2) is 293 Å². The number of nitrogens with two attached hydrogens (primary N) is 2. The van der Waals surface area contributed by atoms with E-state index >= 15 is 0 Å². The van der Waals surface area contributed by atoms with Crippen LogP contribution in [0.3, 0.4) is 0 Å². The van der Waals surface area contributed by atoms with Crippen molar-refractivity contribution in [1.82, 2.24) is 106 Å². The fourth-order valence-corrected chi connectivity index (χ4v) is 14.8. The highest BCUT2D eigenvalue weighted by molar-refractivity contribution is 6.05. The van der Waals surface area contributed by atoms with Gasteiger partial charge < -0.3 is 127 Å². The molecule has 24 N–H and O–H groups in total. The van der Waals surface area contributed by atoms with Gasteiger partial charge in [-0.15, -0.1) is 0 Å². The number of aliphatic hydroxyl groups excluding tert-OH is 1. The van der Waals surface area contributed by atoms with Crippen LogP contribution in [0.15, 0.2) is 30.3 Å². The second-order valence-electron chi connectivity index (χ2n) is 40.8. The van der Waals surface area contributed by atoms with Gasteiger partial charge in [0.2, 0.25) is 130 Å². The molecule has 2 fully saturated rings. The molecule has 1 aromatic carbocycles. The maximum Gasteiger partial charge on any atom is 0.303 e. The Labute approximate surface area is 810 Å². The summed E-state index contributed by atoms with van der Waals surface area (Å²) in [6, 6.07) is -5.82. The Bertz CT molecular complexity index is 4700. The van der Waals surface area contributed by atoms with E-state index in [0.717, 1.165) is 5.56 Å². The van der Waals surface area contributed by atoms with Crippen LogP contribution in [0.4, 0.5) is 0 Å². The van der Waals surface area contributed by atoms with Crippen LogP contribution < -0.4 is 107 Å². The largest absolute Gasteiger partial charge is 0.481 e. The Morgan fingerprint density at radius 1 is 0.381 bits per heavy atom. The highest BCUT2D eigenvalue weighted by Crippen LogP contribution is 2.27. The number of carboxylic acids is 1. The van der Waals surface area contributed by atoms with Gasteiger partial charge in [-0.05, 0) is 206 Å². The highest BCUT2D eigenvalue weighted by Gasteiger charge is 2.49. The number of aliphatic carboxylic acids is 1. The SMILES string of the molecule is CC(=O)NC(C)(C)C(=O)N1CCC[C@H]1C(=O)NC(C)(C)C(=O)N[C@@H](C)C(=O)NC(C)(C)C(=O)N[C@@H](C)C(=O)N[C@@H](CCC(N)=O)C(=O)NC(C)(C)C(=O)N[C@H](C(=O)NC(C)(C)C(=O)NCC(=O)N[C@@H](CC(C)C)C(=O)NC(C)(C)C(=O)N1CCC[C@H]1C(=O)N[C@H](C(=O)NC(C)(C)C(=O)NC(C)(C)C(=O)N[C@@H](CCC(=O)O)C(=O)N[C@@H](CCC(N)=O)C(=O)NC(CO)Cc1ccccc1)C(C)C)C(C)C. The minimum Gasteiger partial charge on any atom is -0.481 e. The molecule has 0 radical (unpaired) electrons. The van der Waals surface area contributed by atoms with Crippen molar-refractivity contribution in [2.45, 2.75) is 361 Å². The van der Waals surface area contributed by atoms with E-state index in [0.29, 0.717) is 12.8 Å². The van der Waals surface area contributed by atoms with Gasteiger partial charge in [0.1, 0.15) is 105 Å². The molecule has 1 unspecified atom stereocenters. The van der Waals surface area contributed by atoms with Crippen LogP contribution >= 0.6 is 0 Å². The lowest BCUT2D eigenvalue weighted by Gasteiger charge is -2.36. The number of rotatable bonds is 53. The molecule has 0 spiro atoms. The maximum atomic E-state index is 14.6. The Morgan fingerprint density at radius 3 is 1.22 bits per heavy atom. The second kappa shape index (κ2) is 51.1. The molecule has 3 rings (SSSR count). The molecule has 47 heteroatoms. The number of carbonyl (C=O) groups excluding carboxylic acids is 22. The number of hydrogen-bond acceptors (Lipinski definition) is 24. The van der Waals surface area contributed by atoms with Gasteiger partial charge in [-0.2, -0.15) is 0 Å². The van der Waals surface area contributed by atoms with Crippen molar-refractivity contribution in [3.05, 3.63) is 35.9 Å². The van der Waals surface area contributed by atoms with Crippen molar-refractivity contribution in [2.75, 3.05) is 26.2 Å². The Balaban J connectivity index is 1.65. The summed E-state index contributed by atoms with van der Waals surface area (Å²) in [7, 11) is 0. The third-order valence-electron chi connectivity index (χ3n) is 23.2. The molecule has 22 amide bonds. The number of nitrogens with zero attached hydrogens (tertiary/aromatic N) is 2. The average molecular weight is 1960 g/mol. The number of nitrogens with one attached hydrogen (secondary N) is 18. The van der Waals surface area contributed by atoms with E-state index < -0.39 is 304 Å². The molecule has 2 heterocycles. The summed E-state index contributed by atoms with van der Waals surface area (Å²) in [5.74, 6) is -21.7. The topological polar surface area (TPSA) is 708 Å².